The van der Waals surface area contributed by atoms with Gasteiger partial charge in [-0.05, 0) is 12.3 Å². The minimum absolute atomic E-state index is 0.273. The van der Waals surface area contributed by atoms with Crippen molar-refractivity contribution in [2.45, 2.75) is 26.3 Å². The second-order valence-corrected chi connectivity index (χ2v) is 2.65. The Bertz CT molecular complexity index is 134. The lowest BCUT2D eigenvalue weighted by Crippen LogP contribution is -2.27. The van der Waals surface area contributed by atoms with Crippen LogP contribution in [0.4, 0.5) is 0 Å². The number of carbonyl (C=O) groups excluding carboxylic acids is 1. The highest BCUT2D eigenvalue weighted by atomic mass is 16.3. The maximum Gasteiger partial charge on any atom is 0.245 e. The van der Waals surface area contributed by atoms with Crippen LogP contribution in [0.1, 0.15) is 20.3 Å². The molecule has 0 aliphatic rings. The highest BCUT2D eigenvalue weighted by molar-refractivity contribution is 5.79. The monoisotopic (exact) mass is 144 g/mol. The zero-order valence-corrected chi connectivity index (χ0v) is 6.20. The maximum atomic E-state index is 10.4. The quantitative estimate of drug-likeness (QED) is 0.588. The van der Waals surface area contributed by atoms with Crippen LogP contribution < -0.4 is 5.73 Å². The zero-order valence-electron chi connectivity index (χ0n) is 6.20. The van der Waals surface area contributed by atoms with Gasteiger partial charge in [0, 0.05) is 0 Å². The van der Waals surface area contributed by atoms with E-state index < -0.39 is 11.9 Å². The van der Waals surface area contributed by atoms with E-state index in [1.807, 2.05) is 13.8 Å². The first-order valence-electron chi connectivity index (χ1n) is 3.19. The third-order valence-corrected chi connectivity index (χ3v) is 1.15. The lowest BCUT2D eigenvalue weighted by Gasteiger charge is -2.06. The molecule has 1 atom stereocenters. The number of nitrogens with zero attached hydrogens (tertiary/aromatic N) is 1. The molecular weight excluding hydrogens is 132 g/mol. The van der Waals surface area contributed by atoms with Crippen LogP contribution in [-0.2, 0) is 4.79 Å². The number of nitroso groups, excluding NO2 is 1. The molecule has 0 saturated heterocycles. The number of rotatable bonds is 4. The molecule has 0 aromatic rings. The Balaban J connectivity index is 3.83. The molecule has 0 unspecified atom stereocenters. The van der Waals surface area contributed by atoms with Crippen molar-refractivity contribution in [3.63, 3.8) is 0 Å². The summed E-state index contributed by atoms with van der Waals surface area (Å²) >= 11 is 0. The van der Waals surface area contributed by atoms with Crippen LogP contribution in [0.5, 0.6) is 0 Å². The summed E-state index contributed by atoms with van der Waals surface area (Å²) in [5.41, 5.74) is 4.86. The molecule has 1 amide bonds. The molecule has 0 aliphatic carbocycles. The van der Waals surface area contributed by atoms with E-state index in [4.69, 9.17) is 5.73 Å². The van der Waals surface area contributed by atoms with Crippen LogP contribution in [0.3, 0.4) is 0 Å². The second kappa shape index (κ2) is 3.98. The fraction of sp³-hybridized carbons (Fsp3) is 0.833. The number of amides is 1. The molecule has 10 heavy (non-hydrogen) atoms. The van der Waals surface area contributed by atoms with E-state index in [0.29, 0.717) is 6.42 Å². The van der Waals surface area contributed by atoms with Gasteiger partial charge in [-0.3, -0.25) is 4.79 Å². The van der Waals surface area contributed by atoms with Gasteiger partial charge in [0.05, 0.1) is 0 Å². The number of primary amides is 1. The number of hydrogen-bond acceptors (Lipinski definition) is 3. The zero-order chi connectivity index (χ0) is 8.15. The summed E-state index contributed by atoms with van der Waals surface area (Å²) < 4.78 is 0. The van der Waals surface area contributed by atoms with Gasteiger partial charge in [0.15, 0.2) is 6.04 Å². The predicted octanol–water partition coefficient (Wildman–Crippen LogP) is 0.653. The summed E-state index contributed by atoms with van der Waals surface area (Å²) in [5, 5.41) is 2.60. The largest absolute Gasteiger partial charge is 0.368 e. The Morgan fingerprint density at radius 1 is 1.60 bits per heavy atom. The van der Waals surface area contributed by atoms with Gasteiger partial charge < -0.3 is 5.73 Å². The van der Waals surface area contributed by atoms with Crippen molar-refractivity contribution < 1.29 is 4.79 Å². The average molecular weight is 144 g/mol. The maximum absolute atomic E-state index is 10.4. The van der Waals surface area contributed by atoms with Gasteiger partial charge in [-0.25, -0.2) is 0 Å². The van der Waals surface area contributed by atoms with E-state index in [0.717, 1.165) is 0 Å². The highest BCUT2D eigenvalue weighted by Gasteiger charge is 2.16. The molecule has 0 aliphatic heterocycles. The third kappa shape index (κ3) is 3.17. The third-order valence-electron chi connectivity index (χ3n) is 1.15. The van der Waals surface area contributed by atoms with Crippen molar-refractivity contribution >= 4 is 5.91 Å². The number of hydrogen-bond donors (Lipinski definition) is 1. The molecule has 2 N–H and O–H groups in total. The average Bonchev–Trinajstić information content (AvgIpc) is 1.81. The standard InChI is InChI=1S/C6H12N2O2/c1-4(2)3-5(8-10)6(7)9/h4-5H,3H2,1-2H3,(H2,7,9)/t5-/m0/s1. The first-order valence-corrected chi connectivity index (χ1v) is 3.19. The summed E-state index contributed by atoms with van der Waals surface area (Å²) in [7, 11) is 0. The van der Waals surface area contributed by atoms with Crippen LogP contribution in [0, 0.1) is 10.8 Å². The highest BCUT2D eigenvalue weighted by Crippen LogP contribution is 2.06. The smallest absolute Gasteiger partial charge is 0.245 e. The Hall–Kier alpha value is -0.930. The van der Waals surface area contributed by atoms with Crippen molar-refractivity contribution in [1.82, 2.24) is 0 Å². The topological polar surface area (TPSA) is 72.5 Å². The molecule has 0 fully saturated rings. The summed E-state index contributed by atoms with van der Waals surface area (Å²) in [5.74, 6) is -0.362. The number of nitrogens with two attached hydrogens (primary N) is 1. The fourth-order valence-electron chi connectivity index (χ4n) is 0.658. The van der Waals surface area contributed by atoms with E-state index in [1.165, 1.54) is 0 Å². The summed E-state index contributed by atoms with van der Waals surface area (Å²) in [6.07, 6.45) is 0.443. The van der Waals surface area contributed by atoms with Gasteiger partial charge in [-0.2, -0.15) is 0 Å². The van der Waals surface area contributed by atoms with E-state index in [2.05, 4.69) is 5.18 Å². The van der Waals surface area contributed by atoms with Crippen molar-refractivity contribution in [1.29, 1.82) is 0 Å². The summed E-state index contributed by atoms with van der Waals surface area (Å²) in [4.78, 5) is 20.3. The molecule has 0 spiro atoms. The Morgan fingerprint density at radius 3 is 2.20 bits per heavy atom. The van der Waals surface area contributed by atoms with Crippen LogP contribution >= 0.6 is 0 Å². The van der Waals surface area contributed by atoms with Crippen molar-refractivity contribution in [3.05, 3.63) is 4.91 Å². The van der Waals surface area contributed by atoms with Gasteiger partial charge in [-0.15, -0.1) is 4.91 Å². The molecule has 0 saturated carbocycles. The lowest BCUT2D eigenvalue weighted by molar-refractivity contribution is -0.119. The predicted molar refractivity (Wildman–Crippen MR) is 38.2 cm³/mol. The van der Waals surface area contributed by atoms with E-state index in [-0.39, 0.29) is 5.92 Å². The van der Waals surface area contributed by atoms with Gasteiger partial charge in [0.2, 0.25) is 5.91 Å². The molecular formula is C6H12N2O2. The van der Waals surface area contributed by atoms with Crippen LogP contribution in [0.15, 0.2) is 5.18 Å². The van der Waals surface area contributed by atoms with Crippen molar-refractivity contribution in [2.75, 3.05) is 0 Å². The minimum Gasteiger partial charge on any atom is -0.368 e. The van der Waals surface area contributed by atoms with Crippen LogP contribution in [-0.4, -0.2) is 11.9 Å². The van der Waals surface area contributed by atoms with Crippen LogP contribution in [0.25, 0.3) is 0 Å². The Labute approximate surface area is 59.8 Å². The molecule has 4 heteroatoms. The Morgan fingerprint density at radius 2 is 2.10 bits per heavy atom. The van der Waals surface area contributed by atoms with E-state index in [9.17, 15) is 9.70 Å². The lowest BCUT2D eigenvalue weighted by atomic mass is 10.0. The summed E-state index contributed by atoms with van der Waals surface area (Å²) in [6, 6.07) is -0.847. The molecule has 0 aromatic carbocycles. The van der Waals surface area contributed by atoms with Gasteiger partial charge in [0.1, 0.15) is 0 Å². The number of carbonyl (C=O) groups is 1. The molecule has 0 bridgehead atoms. The first kappa shape index (κ1) is 9.07. The molecule has 0 aromatic heterocycles. The molecule has 0 radical (unpaired) electrons. The fourth-order valence-corrected chi connectivity index (χ4v) is 0.658. The second-order valence-electron chi connectivity index (χ2n) is 2.65. The van der Waals surface area contributed by atoms with Crippen molar-refractivity contribution in [2.24, 2.45) is 16.8 Å². The van der Waals surface area contributed by atoms with E-state index in [1.54, 1.807) is 0 Å². The molecule has 0 heterocycles. The normalized spacial score (nSPS) is 13.1. The molecule has 0 rings (SSSR count). The summed E-state index contributed by atoms with van der Waals surface area (Å²) in [6.45, 7) is 3.81. The van der Waals surface area contributed by atoms with Gasteiger partial charge >= 0.3 is 0 Å². The van der Waals surface area contributed by atoms with Crippen LogP contribution in [0.2, 0.25) is 0 Å². The SMILES string of the molecule is CC(C)C[C@H](N=O)C(N)=O. The first-order chi connectivity index (χ1) is 4.57. The van der Waals surface area contributed by atoms with Gasteiger partial charge in [0.25, 0.3) is 0 Å². The van der Waals surface area contributed by atoms with E-state index >= 15 is 0 Å². The molecule has 4 nitrogen and oxygen atoms in total. The Kier molecular flexibility index (Phi) is 3.61. The van der Waals surface area contributed by atoms with Gasteiger partial charge in [-0.1, -0.05) is 19.0 Å². The van der Waals surface area contributed by atoms with Crippen molar-refractivity contribution in [3.8, 4) is 0 Å². The molecule has 58 valence electrons. The minimum atomic E-state index is -0.847.